The topological polar surface area (TPSA) is 57.6 Å². The summed E-state index contributed by atoms with van der Waals surface area (Å²) in [6.07, 6.45) is 1.86. The highest BCUT2D eigenvalue weighted by molar-refractivity contribution is 7.89. The number of benzene rings is 1. The molecule has 1 aromatic carbocycles. The number of sulfonamides is 1. The molecule has 0 spiro atoms. The molecule has 17 heavy (non-hydrogen) atoms. The first-order chi connectivity index (χ1) is 8.05. The second-order valence-electron chi connectivity index (χ2n) is 4.36. The van der Waals surface area contributed by atoms with Crippen molar-refractivity contribution in [2.45, 2.75) is 31.3 Å². The van der Waals surface area contributed by atoms with Crippen molar-refractivity contribution in [3.63, 3.8) is 0 Å². The Labute approximate surface area is 102 Å². The summed E-state index contributed by atoms with van der Waals surface area (Å²) in [6.45, 7) is 2.93. The Morgan fingerprint density at radius 1 is 1.29 bits per heavy atom. The first-order valence-corrected chi connectivity index (χ1v) is 7.20. The van der Waals surface area contributed by atoms with Crippen molar-refractivity contribution in [2.24, 2.45) is 0 Å². The van der Waals surface area contributed by atoms with Crippen LogP contribution in [0.25, 0.3) is 0 Å². The maximum absolute atomic E-state index is 12.3. The molecule has 5 heteroatoms. The van der Waals surface area contributed by atoms with Gasteiger partial charge in [0.2, 0.25) is 10.0 Å². The van der Waals surface area contributed by atoms with Gasteiger partial charge in [-0.25, -0.2) is 8.42 Å². The van der Waals surface area contributed by atoms with E-state index in [1.807, 2.05) is 6.92 Å². The van der Waals surface area contributed by atoms with E-state index in [1.165, 1.54) is 4.31 Å². The molecular weight excluding hydrogens is 238 g/mol. The van der Waals surface area contributed by atoms with Crippen LogP contribution in [-0.2, 0) is 16.6 Å². The summed E-state index contributed by atoms with van der Waals surface area (Å²) >= 11 is 0. The van der Waals surface area contributed by atoms with Gasteiger partial charge in [-0.05, 0) is 43.0 Å². The third-order valence-corrected chi connectivity index (χ3v) is 5.09. The normalized spacial score (nSPS) is 17.5. The van der Waals surface area contributed by atoms with E-state index in [0.717, 1.165) is 18.4 Å². The molecule has 0 atom stereocenters. The van der Waals surface area contributed by atoms with Gasteiger partial charge in [0.1, 0.15) is 0 Å². The number of aryl methyl sites for hydroxylation is 1. The largest absolute Gasteiger partial charge is 0.392 e. The molecule has 1 saturated heterocycles. The van der Waals surface area contributed by atoms with Gasteiger partial charge in [0.25, 0.3) is 0 Å². The molecule has 94 valence electrons. The number of rotatable bonds is 3. The van der Waals surface area contributed by atoms with Crippen molar-refractivity contribution in [1.82, 2.24) is 4.31 Å². The Morgan fingerprint density at radius 3 is 2.53 bits per heavy atom. The highest BCUT2D eigenvalue weighted by Crippen LogP contribution is 2.22. The Hall–Kier alpha value is -0.910. The van der Waals surface area contributed by atoms with Gasteiger partial charge in [0.05, 0.1) is 11.5 Å². The minimum Gasteiger partial charge on any atom is -0.392 e. The Balaban J connectivity index is 2.39. The lowest BCUT2D eigenvalue weighted by atomic mass is 10.1. The van der Waals surface area contributed by atoms with E-state index in [4.69, 9.17) is 5.11 Å². The molecule has 1 aliphatic rings. The van der Waals surface area contributed by atoms with Crippen LogP contribution in [0.1, 0.15) is 24.0 Å². The molecule has 1 aromatic rings. The van der Waals surface area contributed by atoms with E-state index in [0.29, 0.717) is 18.7 Å². The van der Waals surface area contributed by atoms with Crippen LogP contribution in [0.2, 0.25) is 0 Å². The lowest BCUT2D eigenvalue weighted by Crippen LogP contribution is -2.27. The lowest BCUT2D eigenvalue weighted by Gasteiger charge is -2.16. The maximum atomic E-state index is 12.3. The van der Waals surface area contributed by atoms with Crippen molar-refractivity contribution in [2.75, 3.05) is 13.1 Å². The molecule has 1 N–H and O–H groups in total. The van der Waals surface area contributed by atoms with Gasteiger partial charge in [-0.2, -0.15) is 4.31 Å². The summed E-state index contributed by atoms with van der Waals surface area (Å²) in [5.74, 6) is 0. The number of hydrogen-bond donors (Lipinski definition) is 1. The maximum Gasteiger partial charge on any atom is 0.243 e. The molecule has 0 aliphatic carbocycles. The van der Waals surface area contributed by atoms with E-state index in [2.05, 4.69) is 0 Å². The summed E-state index contributed by atoms with van der Waals surface area (Å²) in [7, 11) is -3.37. The zero-order chi connectivity index (χ0) is 12.5. The minimum atomic E-state index is -3.37. The Kier molecular flexibility index (Phi) is 3.51. The highest BCUT2D eigenvalue weighted by Gasteiger charge is 2.27. The summed E-state index contributed by atoms with van der Waals surface area (Å²) in [4.78, 5) is 0.286. The third-order valence-electron chi connectivity index (χ3n) is 3.19. The first kappa shape index (κ1) is 12.5. The molecule has 1 aliphatic heterocycles. The van der Waals surface area contributed by atoms with Crippen LogP contribution < -0.4 is 0 Å². The monoisotopic (exact) mass is 255 g/mol. The number of aliphatic hydroxyl groups is 1. The predicted octanol–water partition coefficient (Wildman–Crippen LogP) is 1.27. The molecule has 1 heterocycles. The molecular formula is C12H17NO3S. The van der Waals surface area contributed by atoms with Crippen molar-refractivity contribution in [3.8, 4) is 0 Å². The average molecular weight is 255 g/mol. The van der Waals surface area contributed by atoms with Crippen molar-refractivity contribution in [3.05, 3.63) is 29.3 Å². The van der Waals surface area contributed by atoms with Crippen molar-refractivity contribution < 1.29 is 13.5 Å². The number of nitrogens with zero attached hydrogens (tertiary/aromatic N) is 1. The molecule has 2 rings (SSSR count). The second-order valence-corrected chi connectivity index (χ2v) is 6.30. The van der Waals surface area contributed by atoms with Crippen LogP contribution in [0.3, 0.4) is 0 Å². The highest BCUT2D eigenvalue weighted by atomic mass is 32.2. The quantitative estimate of drug-likeness (QED) is 0.885. The fraction of sp³-hybridized carbons (Fsp3) is 0.500. The third kappa shape index (κ3) is 2.36. The molecule has 1 fully saturated rings. The van der Waals surface area contributed by atoms with E-state index in [-0.39, 0.29) is 11.5 Å². The standard InChI is InChI=1S/C12H17NO3S/c1-10-4-5-12(8-11(10)9-14)17(15,16)13-6-2-3-7-13/h4-5,8,14H,2-3,6-7,9H2,1H3. The van der Waals surface area contributed by atoms with Crippen LogP contribution >= 0.6 is 0 Å². The predicted molar refractivity (Wildman–Crippen MR) is 65.1 cm³/mol. The van der Waals surface area contributed by atoms with Gasteiger partial charge >= 0.3 is 0 Å². The summed E-state index contributed by atoms with van der Waals surface area (Å²) < 4.78 is 26.0. The van der Waals surface area contributed by atoms with Crippen LogP contribution in [0.4, 0.5) is 0 Å². The average Bonchev–Trinajstić information content (AvgIpc) is 2.83. The fourth-order valence-electron chi connectivity index (χ4n) is 2.06. The molecule has 0 saturated carbocycles. The van der Waals surface area contributed by atoms with Crippen LogP contribution in [-0.4, -0.2) is 30.9 Å². The van der Waals surface area contributed by atoms with E-state index >= 15 is 0 Å². The van der Waals surface area contributed by atoms with Crippen molar-refractivity contribution >= 4 is 10.0 Å². The van der Waals surface area contributed by atoms with E-state index < -0.39 is 10.0 Å². The molecule has 0 bridgehead atoms. The van der Waals surface area contributed by atoms with Gasteiger partial charge in [0, 0.05) is 13.1 Å². The van der Waals surface area contributed by atoms with Gasteiger partial charge in [0.15, 0.2) is 0 Å². The van der Waals surface area contributed by atoms with Crippen LogP contribution in [0, 0.1) is 6.92 Å². The molecule has 0 radical (unpaired) electrons. The van der Waals surface area contributed by atoms with Gasteiger partial charge in [-0.15, -0.1) is 0 Å². The van der Waals surface area contributed by atoms with Crippen LogP contribution in [0.15, 0.2) is 23.1 Å². The van der Waals surface area contributed by atoms with E-state index in [9.17, 15) is 8.42 Å². The summed E-state index contributed by atoms with van der Waals surface area (Å²) in [5, 5.41) is 9.17. The van der Waals surface area contributed by atoms with Crippen LogP contribution in [0.5, 0.6) is 0 Å². The van der Waals surface area contributed by atoms with E-state index in [1.54, 1.807) is 18.2 Å². The number of aliphatic hydroxyl groups excluding tert-OH is 1. The van der Waals surface area contributed by atoms with Crippen molar-refractivity contribution in [1.29, 1.82) is 0 Å². The Morgan fingerprint density at radius 2 is 1.94 bits per heavy atom. The summed E-state index contributed by atoms with van der Waals surface area (Å²) in [6, 6.07) is 4.93. The second kappa shape index (κ2) is 4.76. The number of hydrogen-bond acceptors (Lipinski definition) is 3. The molecule has 0 aromatic heterocycles. The summed E-state index contributed by atoms with van der Waals surface area (Å²) in [5.41, 5.74) is 1.58. The fourth-order valence-corrected chi connectivity index (χ4v) is 3.62. The smallest absolute Gasteiger partial charge is 0.243 e. The first-order valence-electron chi connectivity index (χ1n) is 5.76. The van der Waals surface area contributed by atoms with Gasteiger partial charge in [-0.3, -0.25) is 0 Å². The zero-order valence-corrected chi connectivity index (χ0v) is 10.7. The van der Waals surface area contributed by atoms with Gasteiger partial charge in [-0.1, -0.05) is 6.07 Å². The van der Waals surface area contributed by atoms with Gasteiger partial charge < -0.3 is 5.11 Å². The molecule has 4 nitrogen and oxygen atoms in total. The Bertz CT molecular complexity index is 504. The lowest BCUT2D eigenvalue weighted by molar-refractivity contribution is 0.280. The molecule has 0 unspecified atom stereocenters. The minimum absolute atomic E-state index is 0.130. The zero-order valence-electron chi connectivity index (χ0n) is 9.89. The molecule has 0 amide bonds. The SMILES string of the molecule is Cc1ccc(S(=O)(=O)N2CCCC2)cc1CO.